The van der Waals surface area contributed by atoms with Crippen LogP contribution in [0, 0.1) is 6.92 Å². The van der Waals surface area contributed by atoms with Gasteiger partial charge in [0.05, 0.1) is 6.04 Å². The largest absolute Gasteiger partial charge is 0.322 e. The lowest BCUT2D eigenvalue weighted by Gasteiger charge is -2.31. The van der Waals surface area contributed by atoms with E-state index >= 15 is 0 Å². The molecule has 3 heterocycles. The first-order valence-corrected chi connectivity index (χ1v) is 13.2. The molecule has 1 saturated carbocycles. The van der Waals surface area contributed by atoms with Crippen LogP contribution in [0.2, 0.25) is 0 Å². The second-order valence-electron chi connectivity index (χ2n) is 10.2. The Morgan fingerprint density at radius 2 is 1.79 bits per heavy atom. The fourth-order valence-electron chi connectivity index (χ4n) is 5.61. The van der Waals surface area contributed by atoms with Gasteiger partial charge in [0.25, 0.3) is 5.56 Å². The molecular formula is C30H31N7O. The van der Waals surface area contributed by atoms with Crippen molar-refractivity contribution in [3.8, 4) is 0 Å². The van der Waals surface area contributed by atoms with Gasteiger partial charge in [-0.2, -0.15) is 0 Å². The van der Waals surface area contributed by atoms with Crippen LogP contribution in [0.1, 0.15) is 65.8 Å². The predicted molar refractivity (Wildman–Crippen MR) is 146 cm³/mol. The molecule has 0 amide bonds. The normalized spacial score (nSPS) is 14.9. The molecule has 1 unspecified atom stereocenters. The number of hydrogen-bond acceptors (Lipinski definition) is 6. The van der Waals surface area contributed by atoms with Gasteiger partial charge in [0.1, 0.15) is 6.04 Å². The van der Waals surface area contributed by atoms with E-state index in [4.69, 9.17) is 0 Å². The molecule has 1 atom stereocenters. The van der Waals surface area contributed by atoms with Crippen molar-refractivity contribution < 1.29 is 0 Å². The van der Waals surface area contributed by atoms with Gasteiger partial charge in [0, 0.05) is 36.6 Å². The zero-order chi connectivity index (χ0) is 25.9. The molecule has 8 heteroatoms. The van der Waals surface area contributed by atoms with Crippen molar-refractivity contribution in [2.24, 2.45) is 0 Å². The molecule has 2 aromatic carbocycles. The first-order chi connectivity index (χ1) is 18.7. The van der Waals surface area contributed by atoms with E-state index in [0.29, 0.717) is 24.5 Å². The van der Waals surface area contributed by atoms with Gasteiger partial charge in [-0.05, 0) is 70.5 Å². The van der Waals surface area contributed by atoms with E-state index in [1.807, 2.05) is 54.2 Å². The third-order valence-electron chi connectivity index (χ3n) is 7.46. The van der Waals surface area contributed by atoms with Gasteiger partial charge >= 0.3 is 0 Å². The zero-order valence-electron chi connectivity index (χ0n) is 21.5. The molecule has 1 aliphatic carbocycles. The van der Waals surface area contributed by atoms with E-state index < -0.39 is 6.04 Å². The number of benzene rings is 2. The summed E-state index contributed by atoms with van der Waals surface area (Å²) in [4.78, 5) is 23.5. The highest BCUT2D eigenvalue weighted by atomic mass is 16.1. The number of pyridine rings is 2. The zero-order valence-corrected chi connectivity index (χ0v) is 21.5. The molecule has 5 aromatic rings. The highest BCUT2D eigenvalue weighted by Crippen LogP contribution is 2.35. The Labute approximate surface area is 221 Å². The SMILES string of the molecule is Cc1ccc2cc(C(c3nnnn3C3CCCC3)N(Cc3ccccc3)Cc3cccnc3)c(=O)[nH]c2c1. The Hall–Kier alpha value is -4.17. The summed E-state index contributed by atoms with van der Waals surface area (Å²) in [5.74, 6) is 0.702. The number of aromatic amines is 1. The lowest BCUT2D eigenvalue weighted by Crippen LogP contribution is -2.35. The van der Waals surface area contributed by atoms with Gasteiger partial charge < -0.3 is 4.98 Å². The molecule has 3 aromatic heterocycles. The second-order valence-corrected chi connectivity index (χ2v) is 10.2. The molecule has 8 nitrogen and oxygen atoms in total. The summed E-state index contributed by atoms with van der Waals surface area (Å²) in [6.07, 6.45) is 8.06. The molecule has 6 rings (SSSR count). The van der Waals surface area contributed by atoms with Crippen LogP contribution < -0.4 is 5.56 Å². The van der Waals surface area contributed by atoms with Crippen LogP contribution >= 0.6 is 0 Å². The number of fused-ring (bicyclic) bond motifs is 1. The number of tetrazole rings is 1. The highest BCUT2D eigenvalue weighted by molar-refractivity contribution is 5.79. The van der Waals surface area contributed by atoms with E-state index in [0.717, 1.165) is 53.3 Å². The molecule has 1 fully saturated rings. The molecule has 1 aliphatic rings. The Kier molecular flexibility index (Phi) is 6.79. The monoisotopic (exact) mass is 505 g/mol. The summed E-state index contributed by atoms with van der Waals surface area (Å²) in [6, 6.07) is 22.3. The van der Waals surface area contributed by atoms with E-state index in [-0.39, 0.29) is 11.6 Å². The van der Waals surface area contributed by atoms with Crippen LogP contribution in [-0.4, -0.2) is 35.1 Å². The van der Waals surface area contributed by atoms with Crippen LogP contribution in [0.3, 0.4) is 0 Å². The fourth-order valence-corrected chi connectivity index (χ4v) is 5.61. The van der Waals surface area contributed by atoms with E-state index in [1.165, 1.54) is 0 Å². The smallest absolute Gasteiger partial charge is 0.253 e. The van der Waals surface area contributed by atoms with Crippen LogP contribution in [0.4, 0.5) is 0 Å². The van der Waals surface area contributed by atoms with Crippen molar-refractivity contribution in [2.75, 3.05) is 0 Å². The topological polar surface area (TPSA) is 92.6 Å². The summed E-state index contributed by atoms with van der Waals surface area (Å²) in [5, 5.41) is 14.1. The third kappa shape index (κ3) is 4.99. The minimum Gasteiger partial charge on any atom is -0.322 e. The van der Waals surface area contributed by atoms with E-state index in [2.05, 4.69) is 60.7 Å². The number of aryl methyl sites for hydroxylation is 1. The molecular weight excluding hydrogens is 474 g/mol. The first kappa shape index (κ1) is 24.2. The van der Waals surface area contributed by atoms with Crippen molar-refractivity contribution >= 4 is 10.9 Å². The molecule has 0 bridgehead atoms. The van der Waals surface area contributed by atoms with Gasteiger partial charge in [0.2, 0.25) is 0 Å². The quantitative estimate of drug-likeness (QED) is 0.315. The Morgan fingerprint density at radius 3 is 2.58 bits per heavy atom. The van der Waals surface area contributed by atoms with Gasteiger partial charge in [-0.3, -0.25) is 14.7 Å². The minimum absolute atomic E-state index is 0.127. The molecule has 1 N–H and O–H groups in total. The number of nitrogens with zero attached hydrogens (tertiary/aromatic N) is 6. The number of rotatable bonds is 8. The Morgan fingerprint density at radius 1 is 1.00 bits per heavy atom. The van der Waals surface area contributed by atoms with Crippen LogP contribution in [0.5, 0.6) is 0 Å². The average Bonchev–Trinajstić information content (AvgIpc) is 3.63. The highest BCUT2D eigenvalue weighted by Gasteiger charge is 2.33. The fraction of sp³-hybridized carbons (Fsp3) is 0.300. The molecule has 0 spiro atoms. The molecule has 0 radical (unpaired) electrons. The average molecular weight is 506 g/mol. The summed E-state index contributed by atoms with van der Waals surface area (Å²) >= 11 is 0. The number of aromatic nitrogens is 6. The second kappa shape index (κ2) is 10.7. The lowest BCUT2D eigenvalue weighted by atomic mass is 10.0. The van der Waals surface area contributed by atoms with E-state index in [9.17, 15) is 4.79 Å². The molecule has 0 aliphatic heterocycles. The summed E-state index contributed by atoms with van der Waals surface area (Å²) in [5.41, 5.74) is 4.64. The molecule has 38 heavy (non-hydrogen) atoms. The lowest BCUT2D eigenvalue weighted by molar-refractivity contribution is 0.190. The van der Waals surface area contributed by atoms with Crippen molar-refractivity contribution in [1.29, 1.82) is 0 Å². The maximum atomic E-state index is 13.8. The third-order valence-corrected chi connectivity index (χ3v) is 7.46. The van der Waals surface area contributed by atoms with Gasteiger partial charge in [-0.25, -0.2) is 4.68 Å². The minimum atomic E-state index is -0.458. The summed E-state index contributed by atoms with van der Waals surface area (Å²) in [7, 11) is 0. The number of nitrogens with one attached hydrogen (secondary N) is 1. The predicted octanol–water partition coefficient (Wildman–Crippen LogP) is 5.12. The van der Waals surface area contributed by atoms with Crippen LogP contribution in [-0.2, 0) is 13.1 Å². The van der Waals surface area contributed by atoms with Gasteiger partial charge in [-0.1, -0.05) is 61.4 Å². The van der Waals surface area contributed by atoms with Crippen LogP contribution in [0.15, 0.2) is 83.9 Å². The van der Waals surface area contributed by atoms with Gasteiger partial charge in [0.15, 0.2) is 5.82 Å². The number of H-pyrrole nitrogens is 1. The van der Waals surface area contributed by atoms with Crippen molar-refractivity contribution in [2.45, 2.75) is 57.8 Å². The van der Waals surface area contributed by atoms with Crippen molar-refractivity contribution in [3.63, 3.8) is 0 Å². The summed E-state index contributed by atoms with van der Waals surface area (Å²) < 4.78 is 1.97. The first-order valence-electron chi connectivity index (χ1n) is 13.2. The van der Waals surface area contributed by atoms with Crippen molar-refractivity contribution in [3.05, 3.63) is 118 Å². The van der Waals surface area contributed by atoms with Gasteiger partial charge in [-0.15, -0.1) is 5.10 Å². The maximum Gasteiger partial charge on any atom is 0.253 e. The molecule has 0 saturated heterocycles. The summed E-state index contributed by atoms with van der Waals surface area (Å²) in [6.45, 7) is 3.22. The van der Waals surface area contributed by atoms with Crippen molar-refractivity contribution in [1.82, 2.24) is 35.1 Å². The number of hydrogen-bond donors (Lipinski definition) is 1. The van der Waals surface area contributed by atoms with Crippen LogP contribution in [0.25, 0.3) is 10.9 Å². The maximum absolute atomic E-state index is 13.8. The standard InChI is InChI=1S/C30H31N7O/c1-21-13-14-24-17-26(30(38)32-27(24)16-21)28(29-33-34-35-37(29)25-11-5-6-12-25)36(19-22-8-3-2-4-9-22)20-23-10-7-15-31-18-23/h2-4,7-10,13-18,25,28H,5-6,11-12,19-20H2,1H3,(H,32,38). The Balaban J connectivity index is 1.53. The molecule has 192 valence electrons. The van der Waals surface area contributed by atoms with E-state index in [1.54, 1.807) is 6.20 Å². The Bertz CT molecular complexity index is 1530.